The molecule has 31 heavy (non-hydrogen) atoms. The van der Waals surface area contributed by atoms with E-state index in [2.05, 4.69) is 11.6 Å². The normalized spacial score (nSPS) is 26.3. The molecule has 164 valence electrons. The predicted octanol–water partition coefficient (Wildman–Crippen LogP) is 1.62. The molecule has 0 aromatic heterocycles. The van der Waals surface area contributed by atoms with Crippen LogP contribution in [0.2, 0.25) is 0 Å². The first-order valence-corrected chi connectivity index (χ1v) is 10.7. The van der Waals surface area contributed by atoms with Crippen molar-refractivity contribution < 1.29 is 14.3 Å². The van der Waals surface area contributed by atoms with Crippen LogP contribution in [0.15, 0.2) is 41.9 Å². The Labute approximate surface area is 181 Å². The van der Waals surface area contributed by atoms with Gasteiger partial charge >= 0.3 is 0 Å². The smallest absolute Gasteiger partial charge is 0.245 e. The average molecular weight is 424 g/mol. The molecule has 2 aliphatic carbocycles. The minimum Gasteiger partial charge on any atom is -0.490 e. The number of nitrogens with two attached hydrogens (primary N) is 2. The highest BCUT2D eigenvalue weighted by Gasteiger charge is 2.49. The molecule has 8 heteroatoms. The number of aliphatic imine (C=N–C) groups is 1. The molecular formula is C23H29N5O3. The van der Waals surface area contributed by atoms with Crippen LogP contribution in [-0.4, -0.2) is 53.5 Å². The van der Waals surface area contributed by atoms with Gasteiger partial charge in [0.05, 0.1) is 17.9 Å². The van der Waals surface area contributed by atoms with Crippen LogP contribution in [0, 0.1) is 16.7 Å². The van der Waals surface area contributed by atoms with Crippen LogP contribution in [0.5, 0.6) is 5.75 Å². The van der Waals surface area contributed by atoms with Gasteiger partial charge in [-0.2, -0.15) is 0 Å². The first-order valence-electron chi connectivity index (χ1n) is 10.7. The number of likely N-dealkylation sites (tertiary alicyclic amines) is 1. The SMILES string of the molecule is C=CC(=O)N1CCC2(CC(N=C(N)C(C(=N)c3ccc(OC4CC4)cc3)C(N)=O)C2)C1. The molecule has 5 N–H and O–H groups in total. The molecular weight excluding hydrogens is 394 g/mol. The van der Waals surface area contributed by atoms with Gasteiger partial charge in [-0.05, 0) is 73.4 Å². The third-order valence-electron chi connectivity index (χ3n) is 6.45. The maximum absolute atomic E-state index is 12.1. The fourth-order valence-corrected chi connectivity index (χ4v) is 4.60. The quantitative estimate of drug-likeness (QED) is 0.333. The van der Waals surface area contributed by atoms with Crippen LogP contribution in [0.4, 0.5) is 0 Å². The second-order valence-corrected chi connectivity index (χ2v) is 8.92. The van der Waals surface area contributed by atoms with E-state index in [0.29, 0.717) is 18.2 Å². The van der Waals surface area contributed by atoms with E-state index >= 15 is 0 Å². The second-order valence-electron chi connectivity index (χ2n) is 8.92. The summed E-state index contributed by atoms with van der Waals surface area (Å²) >= 11 is 0. The summed E-state index contributed by atoms with van der Waals surface area (Å²) in [6.45, 7) is 4.98. The van der Waals surface area contributed by atoms with Crippen molar-refractivity contribution in [3.8, 4) is 5.75 Å². The molecule has 1 atom stereocenters. The number of carbonyl (C=O) groups is 2. The fourth-order valence-electron chi connectivity index (χ4n) is 4.60. The van der Waals surface area contributed by atoms with Crippen LogP contribution < -0.4 is 16.2 Å². The minimum absolute atomic E-state index is 0.0252. The molecule has 0 radical (unpaired) electrons. The third-order valence-corrected chi connectivity index (χ3v) is 6.45. The van der Waals surface area contributed by atoms with E-state index in [1.54, 1.807) is 24.3 Å². The zero-order valence-electron chi connectivity index (χ0n) is 17.5. The van der Waals surface area contributed by atoms with Crippen LogP contribution in [0.25, 0.3) is 0 Å². The number of carbonyl (C=O) groups excluding carboxylic acids is 2. The van der Waals surface area contributed by atoms with Crippen LogP contribution in [0.1, 0.15) is 37.7 Å². The maximum Gasteiger partial charge on any atom is 0.245 e. The highest BCUT2D eigenvalue weighted by molar-refractivity contribution is 6.24. The lowest BCUT2D eigenvalue weighted by molar-refractivity contribution is -0.125. The van der Waals surface area contributed by atoms with Crippen LogP contribution >= 0.6 is 0 Å². The molecule has 0 bridgehead atoms. The van der Waals surface area contributed by atoms with E-state index in [4.69, 9.17) is 21.6 Å². The van der Waals surface area contributed by atoms with Gasteiger partial charge in [0.15, 0.2) is 0 Å². The van der Waals surface area contributed by atoms with Gasteiger partial charge in [-0.25, -0.2) is 0 Å². The van der Waals surface area contributed by atoms with Crippen molar-refractivity contribution >= 4 is 23.4 Å². The lowest BCUT2D eigenvalue weighted by Gasteiger charge is -2.43. The molecule has 8 nitrogen and oxygen atoms in total. The van der Waals surface area contributed by atoms with E-state index in [-0.39, 0.29) is 28.9 Å². The van der Waals surface area contributed by atoms with Crippen molar-refractivity contribution in [3.05, 3.63) is 42.5 Å². The van der Waals surface area contributed by atoms with Crippen LogP contribution in [0.3, 0.4) is 0 Å². The highest BCUT2D eigenvalue weighted by atomic mass is 16.5. The first kappa shape index (κ1) is 21.1. The number of amidine groups is 1. The maximum atomic E-state index is 12.1. The molecule has 1 spiro atoms. The largest absolute Gasteiger partial charge is 0.490 e. The Morgan fingerprint density at radius 3 is 2.52 bits per heavy atom. The summed E-state index contributed by atoms with van der Waals surface area (Å²) in [7, 11) is 0. The zero-order chi connectivity index (χ0) is 22.2. The molecule has 2 saturated carbocycles. The van der Waals surface area contributed by atoms with E-state index in [1.165, 1.54) is 6.08 Å². The Bertz CT molecular complexity index is 929. The molecule has 1 aromatic carbocycles. The molecule has 1 unspecified atom stereocenters. The van der Waals surface area contributed by atoms with Crippen molar-refractivity contribution in [1.29, 1.82) is 5.41 Å². The number of amides is 2. The molecule has 2 amide bonds. The highest BCUT2D eigenvalue weighted by Crippen LogP contribution is 2.49. The van der Waals surface area contributed by atoms with E-state index in [9.17, 15) is 9.59 Å². The Kier molecular flexibility index (Phi) is 5.56. The summed E-state index contributed by atoms with van der Waals surface area (Å²) in [6.07, 6.45) is 6.32. The van der Waals surface area contributed by atoms with Crippen LogP contribution in [-0.2, 0) is 9.59 Å². The first-order chi connectivity index (χ1) is 14.8. The van der Waals surface area contributed by atoms with E-state index in [1.807, 2.05) is 4.90 Å². The van der Waals surface area contributed by atoms with Crippen molar-refractivity contribution in [2.75, 3.05) is 13.1 Å². The Hall–Kier alpha value is -3.16. The molecule has 1 aliphatic heterocycles. The van der Waals surface area contributed by atoms with Gasteiger partial charge in [-0.1, -0.05) is 6.58 Å². The number of rotatable bonds is 8. The molecule has 3 fully saturated rings. The predicted molar refractivity (Wildman–Crippen MR) is 118 cm³/mol. The monoisotopic (exact) mass is 423 g/mol. The van der Waals surface area contributed by atoms with Gasteiger partial charge in [0.2, 0.25) is 11.8 Å². The number of benzene rings is 1. The van der Waals surface area contributed by atoms with Gasteiger partial charge in [-0.15, -0.1) is 0 Å². The van der Waals surface area contributed by atoms with Crippen molar-refractivity contribution in [3.63, 3.8) is 0 Å². The summed E-state index contributed by atoms with van der Waals surface area (Å²) in [5.74, 6) is -0.986. The zero-order valence-corrected chi connectivity index (χ0v) is 17.5. The molecule has 1 saturated heterocycles. The number of ether oxygens (including phenoxy) is 1. The Morgan fingerprint density at radius 1 is 1.26 bits per heavy atom. The Morgan fingerprint density at radius 2 is 1.94 bits per heavy atom. The van der Waals surface area contributed by atoms with Gasteiger partial charge in [0.1, 0.15) is 17.5 Å². The summed E-state index contributed by atoms with van der Waals surface area (Å²) in [6, 6.07) is 7.04. The molecule has 1 heterocycles. The fraction of sp³-hybridized carbons (Fsp3) is 0.478. The van der Waals surface area contributed by atoms with Crippen molar-refractivity contribution in [2.24, 2.45) is 27.8 Å². The number of hydrogen-bond donors (Lipinski definition) is 3. The molecule has 3 aliphatic rings. The van der Waals surface area contributed by atoms with Gasteiger partial charge in [0, 0.05) is 13.1 Å². The van der Waals surface area contributed by atoms with Gasteiger partial charge in [-0.3, -0.25) is 14.6 Å². The minimum atomic E-state index is -1.07. The standard InChI is InChI=1S/C23H29N5O3/c1-2-18(29)28-10-9-23(13-28)11-15(12-23)27-21(25)19(22(26)30)20(24)14-3-5-16(6-4-14)31-17-7-8-17/h2-6,15,17,19,24H,1,7-13H2,(H2,25,27)(H2,26,30). The second kappa shape index (κ2) is 8.17. The number of primary amides is 1. The topological polar surface area (TPSA) is 135 Å². The third kappa shape index (κ3) is 4.47. The van der Waals surface area contributed by atoms with Crippen molar-refractivity contribution in [1.82, 2.24) is 4.90 Å². The lowest BCUT2D eigenvalue weighted by Crippen LogP contribution is -2.46. The van der Waals surface area contributed by atoms with E-state index in [0.717, 1.165) is 44.4 Å². The van der Waals surface area contributed by atoms with Gasteiger partial charge < -0.3 is 26.5 Å². The summed E-state index contributed by atoms with van der Waals surface area (Å²) in [4.78, 5) is 30.3. The lowest BCUT2D eigenvalue weighted by atomic mass is 9.65. The Balaban J connectivity index is 1.39. The number of nitrogens with zero attached hydrogens (tertiary/aromatic N) is 2. The average Bonchev–Trinajstić information content (AvgIpc) is 3.42. The summed E-state index contributed by atoms with van der Waals surface area (Å²) in [5, 5.41) is 8.49. The molecule has 4 rings (SSSR count). The van der Waals surface area contributed by atoms with Gasteiger partial charge in [0.25, 0.3) is 0 Å². The summed E-state index contributed by atoms with van der Waals surface area (Å²) < 4.78 is 5.72. The number of hydrogen-bond acceptors (Lipinski definition) is 5. The van der Waals surface area contributed by atoms with Crippen molar-refractivity contribution in [2.45, 2.75) is 44.2 Å². The molecule has 1 aromatic rings. The van der Waals surface area contributed by atoms with E-state index < -0.39 is 11.8 Å². The number of nitrogens with one attached hydrogen (secondary N) is 1. The summed E-state index contributed by atoms with van der Waals surface area (Å²) in [5.41, 5.74) is 12.4.